The molecule has 1 aromatic rings. The first-order chi connectivity index (χ1) is 11.2. The normalized spacial score (nSPS) is 34.6. The summed E-state index contributed by atoms with van der Waals surface area (Å²) in [6.07, 6.45) is 6.48. The van der Waals surface area contributed by atoms with Gasteiger partial charge in [0.15, 0.2) is 0 Å². The summed E-state index contributed by atoms with van der Waals surface area (Å²) >= 11 is 0. The molecule has 0 radical (unpaired) electrons. The van der Waals surface area contributed by atoms with Crippen molar-refractivity contribution in [3.05, 3.63) is 35.9 Å². The predicted molar refractivity (Wildman–Crippen MR) is 89.5 cm³/mol. The van der Waals surface area contributed by atoms with Gasteiger partial charge in [-0.3, -0.25) is 4.79 Å². The highest BCUT2D eigenvalue weighted by Crippen LogP contribution is 2.56. The summed E-state index contributed by atoms with van der Waals surface area (Å²) < 4.78 is 0. The maximum Gasteiger partial charge on any atom is 0.226 e. The molecule has 5 rings (SSSR count). The van der Waals surface area contributed by atoms with Crippen molar-refractivity contribution in [3.8, 4) is 0 Å². The van der Waals surface area contributed by atoms with Gasteiger partial charge in [0.1, 0.15) is 0 Å². The zero-order valence-corrected chi connectivity index (χ0v) is 13.7. The number of carbonyl (C=O) groups excluding carboxylic acids is 1. The van der Waals surface area contributed by atoms with Crippen LogP contribution in [0, 0.1) is 29.6 Å². The van der Waals surface area contributed by atoms with Gasteiger partial charge in [-0.1, -0.05) is 30.3 Å². The number of aliphatic hydroxyl groups excluding tert-OH is 1. The Bertz CT molecular complexity index is 528. The number of amides is 1. The molecule has 0 spiro atoms. The van der Waals surface area contributed by atoms with Crippen molar-refractivity contribution in [1.82, 2.24) is 4.90 Å². The average Bonchev–Trinajstić information content (AvgIpc) is 2.54. The molecule has 0 heterocycles. The number of carbonyl (C=O) groups is 1. The van der Waals surface area contributed by atoms with Crippen molar-refractivity contribution in [2.75, 3.05) is 13.2 Å². The summed E-state index contributed by atoms with van der Waals surface area (Å²) in [5.74, 6) is 3.52. The summed E-state index contributed by atoms with van der Waals surface area (Å²) in [6.45, 7) is 1.13. The first-order valence-corrected chi connectivity index (χ1v) is 9.18. The molecule has 4 bridgehead atoms. The third-order valence-corrected chi connectivity index (χ3v) is 6.41. The van der Waals surface area contributed by atoms with Crippen molar-refractivity contribution in [1.29, 1.82) is 0 Å². The van der Waals surface area contributed by atoms with E-state index in [4.69, 9.17) is 0 Å². The molecular formula is C20H27NO2. The van der Waals surface area contributed by atoms with Gasteiger partial charge in [-0.15, -0.1) is 0 Å². The van der Waals surface area contributed by atoms with Gasteiger partial charge in [-0.05, 0) is 61.3 Å². The predicted octanol–water partition coefficient (Wildman–Crippen LogP) is 3.08. The second kappa shape index (κ2) is 6.27. The van der Waals surface area contributed by atoms with Gasteiger partial charge in [0.25, 0.3) is 0 Å². The summed E-state index contributed by atoms with van der Waals surface area (Å²) in [6, 6.07) is 10.2. The third-order valence-electron chi connectivity index (χ3n) is 6.41. The van der Waals surface area contributed by atoms with Crippen LogP contribution >= 0.6 is 0 Å². The van der Waals surface area contributed by atoms with Crippen molar-refractivity contribution < 1.29 is 9.90 Å². The van der Waals surface area contributed by atoms with E-state index < -0.39 is 0 Å². The van der Waals surface area contributed by atoms with E-state index in [2.05, 4.69) is 12.1 Å². The molecule has 3 heteroatoms. The lowest BCUT2D eigenvalue weighted by Crippen LogP contribution is -2.52. The number of hydrogen-bond acceptors (Lipinski definition) is 2. The van der Waals surface area contributed by atoms with Gasteiger partial charge >= 0.3 is 0 Å². The Hall–Kier alpha value is -1.35. The topological polar surface area (TPSA) is 40.5 Å². The Labute approximate surface area is 138 Å². The van der Waals surface area contributed by atoms with Crippen LogP contribution in [0.1, 0.15) is 37.7 Å². The van der Waals surface area contributed by atoms with Crippen LogP contribution in [0.2, 0.25) is 0 Å². The molecular weight excluding hydrogens is 286 g/mol. The Morgan fingerprint density at radius 3 is 2.17 bits per heavy atom. The number of aliphatic hydroxyl groups is 1. The van der Waals surface area contributed by atoms with Crippen LogP contribution in [0.25, 0.3) is 0 Å². The van der Waals surface area contributed by atoms with Crippen LogP contribution in [-0.2, 0) is 11.3 Å². The molecule has 1 aromatic carbocycles. The number of rotatable bonds is 5. The fourth-order valence-corrected chi connectivity index (χ4v) is 5.73. The van der Waals surface area contributed by atoms with Crippen LogP contribution in [-0.4, -0.2) is 29.1 Å². The van der Waals surface area contributed by atoms with E-state index in [1.165, 1.54) is 32.1 Å². The lowest BCUT2D eigenvalue weighted by molar-refractivity contribution is -0.150. The molecule has 4 fully saturated rings. The first-order valence-electron chi connectivity index (χ1n) is 9.18. The van der Waals surface area contributed by atoms with Gasteiger partial charge in [0.2, 0.25) is 5.91 Å². The van der Waals surface area contributed by atoms with Crippen molar-refractivity contribution >= 4 is 5.91 Å². The fraction of sp³-hybridized carbons (Fsp3) is 0.650. The zero-order chi connectivity index (χ0) is 15.8. The minimum atomic E-state index is 0.0475. The quantitative estimate of drug-likeness (QED) is 0.907. The largest absolute Gasteiger partial charge is 0.395 e. The van der Waals surface area contributed by atoms with Crippen molar-refractivity contribution in [2.24, 2.45) is 29.6 Å². The molecule has 4 saturated carbocycles. The highest BCUT2D eigenvalue weighted by Gasteiger charge is 2.51. The van der Waals surface area contributed by atoms with Crippen LogP contribution in [0.5, 0.6) is 0 Å². The van der Waals surface area contributed by atoms with E-state index in [1.807, 2.05) is 23.1 Å². The molecule has 1 N–H and O–H groups in total. The Kier molecular flexibility index (Phi) is 4.14. The lowest BCUT2D eigenvalue weighted by Gasteiger charge is -2.54. The van der Waals surface area contributed by atoms with Crippen LogP contribution in [0.15, 0.2) is 30.3 Å². The number of hydrogen-bond donors (Lipinski definition) is 1. The molecule has 0 atom stereocenters. The van der Waals surface area contributed by atoms with E-state index in [0.29, 0.717) is 30.8 Å². The molecule has 1 amide bonds. The van der Waals surface area contributed by atoms with E-state index in [9.17, 15) is 9.90 Å². The molecule has 0 unspecified atom stereocenters. The molecule has 124 valence electrons. The minimum Gasteiger partial charge on any atom is -0.395 e. The van der Waals surface area contributed by atoms with Gasteiger partial charge < -0.3 is 10.0 Å². The van der Waals surface area contributed by atoms with Crippen LogP contribution < -0.4 is 0 Å². The Morgan fingerprint density at radius 2 is 1.61 bits per heavy atom. The molecule has 0 saturated heterocycles. The number of benzene rings is 1. The van der Waals surface area contributed by atoms with Gasteiger partial charge in [0.05, 0.1) is 6.61 Å². The summed E-state index contributed by atoms with van der Waals surface area (Å²) in [5, 5.41) is 9.42. The molecule has 0 aliphatic heterocycles. The highest BCUT2D eigenvalue weighted by molar-refractivity contribution is 5.80. The summed E-state index contributed by atoms with van der Waals surface area (Å²) in [5.41, 5.74) is 1.15. The fourth-order valence-electron chi connectivity index (χ4n) is 5.73. The third kappa shape index (κ3) is 2.91. The Morgan fingerprint density at radius 1 is 1.00 bits per heavy atom. The highest BCUT2D eigenvalue weighted by atomic mass is 16.3. The standard InChI is InChI=1S/C20H27NO2/c22-7-6-21(13-14-4-2-1-3-5-14)20(23)19-17-9-15-8-16(11-17)12-18(19)10-15/h1-5,15-19,22H,6-13H2. The van der Waals surface area contributed by atoms with E-state index in [-0.39, 0.29) is 12.5 Å². The maximum atomic E-state index is 13.2. The summed E-state index contributed by atoms with van der Waals surface area (Å²) in [7, 11) is 0. The maximum absolute atomic E-state index is 13.2. The molecule has 4 aliphatic carbocycles. The monoisotopic (exact) mass is 313 g/mol. The molecule has 23 heavy (non-hydrogen) atoms. The van der Waals surface area contributed by atoms with Crippen molar-refractivity contribution in [3.63, 3.8) is 0 Å². The van der Waals surface area contributed by atoms with Gasteiger partial charge in [-0.2, -0.15) is 0 Å². The van der Waals surface area contributed by atoms with E-state index >= 15 is 0 Å². The van der Waals surface area contributed by atoms with Gasteiger partial charge in [-0.25, -0.2) is 0 Å². The lowest BCUT2D eigenvalue weighted by atomic mass is 9.51. The molecule has 3 nitrogen and oxygen atoms in total. The SMILES string of the molecule is O=C(C1C2CC3CC(C2)CC1C3)N(CCO)Cc1ccccc1. The smallest absolute Gasteiger partial charge is 0.226 e. The molecule has 4 aliphatic rings. The van der Waals surface area contributed by atoms with Crippen molar-refractivity contribution in [2.45, 2.75) is 38.6 Å². The number of nitrogens with zero attached hydrogens (tertiary/aromatic N) is 1. The Balaban J connectivity index is 1.51. The average molecular weight is 313 g/mol. The van der Waals surface area contributed by atoms with Crippen LogP contribution in [0.3, 0.4) is 0 Å². The van der Waals surface area contributed by atoms with E-state index in [0.717, 1.165) is 17.4 Å². The van der Waals surface area contributed by atoms with E-state index in [1.54, 1.807) is 0 Å². The van der Waals surface area contributed by atoms with Gasteiger partial charge in [0, 0.05) is 19.0 Å². The second-order valence-electron chi connectivity index (χ2n) is 7.93. The zero-order valence-electron chi connectivity index (χ0n) is 13.7. The molecule has 0 aromatic heterocycles. The van der Waals surface area contributed by atoms with Crippen LogP contribution in [0.4, 0.5) is 0 Å². The summed E-state index contributed by atoms with van der Waals surface area (Å²) in [4.78, 5) is 15.1. The minimum absolute atomic E-state index is 0.0475. The second-order valence-corrected chi connectivity index (χ2v) is 7.93. The first kappa shape index (κ1) is 15.2.